The van der Waals surface area contributed by atoms with Crippen molar-refractivity contribution in [2.75, 3.05) is 6.61 Å². The zero-order chi connectivity index (χ0) is 36.2. The molecule has 0 amide bonds. The van der Waals surface area contributed by atoms with Gasteiger partial charge in [0.15, 0.2) is 18.9 Å². The monoisotopic (exact) mass is 694 g/mol. The Balaban J connectivity index is 1.43. The molecule has 2 unspecified atom stereocenters. The van der Waals surface area contributed by atoms with E-state index in [0.29, 0.717) is 18.8 Å². The van der Waals surface area contributed by atoms with E-state index in [9.17, 15) is 40.2 Å². The van der Waals surface area contributed by atoms with Gasteiger partial charge < -0.3 is 49.6 Å². The van der Waals surface area contributed by atoms with Crippen LogP contribution in [0.1, 0.15) is 93.9 Å². The Morgan fingerprint density at radius 3 is 2.22 bits per heavy atom. The van der Waals surface area contributed by atoms with Crippen molar-refractivity contribution in [2.45, 2.75) is 143 Å². The van der Waals surface area contributed by atoms with Gasteiger partial charge in [-0.3, -0.25) is 9.59 Å². The number of carbonyl (C=O) groups excluding carboxylic acids is 1. The summed E-state index contributed by atoms with van der Waals surface area (Å²) in [6, 6.07) is 0. The van der Waals surface area contributed by atoms with Crippen LogP contribution in [0, 0.1) is 56.7 Å². The smallest absolute Gasteiger partial charge is 0.307 e. The fourth-order valence-electron chi connectivity index (χ4n) is 12.2. The first-order valence-corrected chi connectivity index (χ1v) is 18.1. The molecule has 6 aliphatic rings. The first-order valence-electron chi connectivity index (χ1n) is 18.1. The highest BCUT2D eigenvalue weighted by atomic mass is 16.8. The van der Waals surface area contributed by atoms with Gasteiger partial charge in [0, 0.05) is 24.2 Å². The standard InChI is InChI=1S/C37H58O12/c1-17(2)18(3)33(5)13-14-35(7)20-9-10-23-34(6)16-46-32(45)37(23,21(20)11-12-36(35,8)27(33)29(42)43)15-22(47-19(4)38)28(34)48-31-26(41)24(39)25(40)30(44)49-31/h11,17-18,20,22-28,30-32,39-41,44-45H,9-10,12-16H2,1-8H3,(H,42,43)/t18-,20+,22-,23+,24+,25+,26-,27-,28+,30+,31-,32?,33-,34+,35-,36+,37?/m1/s1. The molecule has 4 aliphatic carbocycles. The van der Waals surface area contributed by atoms with Gasteiger partial charge in [0.1, 0.15) is 30.5 Å². The van der Waals surface area contributed by atoms with Gasteiger partial charge >= 0.3 is 11.9 Å². The molecule has 49 heavy (non-hydrogen) atoms. The molecule has 2 aliphatic heterocycles. The second-order valence-electron chi connectivity index (χ2n) is 17.7. The van der Waals surface area contributed by atoms with Gasteiger partial charge in [-0.2, -0.15) is 0 Å². The highest BCUT2D eigenvalue weighted by molar-refractivity contribution is 5.73. The number of aliphatic hydroxyl groups excluding tert-OH is 5. The molecular weight excluding hydrogens is 636 g/mol. The highest BCUT2D eigenvalue weighted by Gasteiger charge is 2.74. The van der Waals surface area contributed by atoms with Crippen molar-refractivity contribution < 1.29 is 59.2 Å². The van der Waals surface area contributed by atoms with Crippen molar-refractivity contribution in [2.24, 2.45) is 56.7 Å². The molecule has 2 bridgehead atoms. The third-order valence-electron chi connectivity index (χ3n) is 15.3. The van der Waals surface area contributed by atoms with Crippen LogP contribution in [0.3, 0.4) is 0 Å². The van der Waals surface area contributed by atoms with Crippen LogP contribution in [-0.2, 0) is 28.5 Å². The zero-order valence-corrected chi connectivity index (χ0v) is 30.2. The van der Waals surface area contributed by atoms with E-state index in [1.165, 1.54) is 6.92 Å². The maximum Gasteiger partial charge on any atom is 0.307 e. The molecule has 12 nitrogen and oxygen atoms in total. The summed E-state index contributed by atoms with van der Waals surface area (Å²) in [4.78, 5) is 26.0. The Hall–Kier alpha value is -1.64. The third-order valence-corrected chi connectivity index (χ3v) is 15.3. The fourth-order valence-corrected chi connectivity index (χ4v) is 12.2. The molecule has 2 heterocycles. The molecule has 0 spiro atoms. The number of carbonyl (C=O) groups is 2. The maximum atomic E-state index is 13.4. The van der Waals surface area contributed by atoms with Gasteiger partial charge in [0.05, 0.1) is 12.5 Å². The maximum absolute atomic E-state index is 13.4. The van der Waals surface area contributed by atoms with Crippen LogP contribution in [0.2, 0.25) is 0 Å². The number of ether oxygens (including phenoxy) is 4. The third kappa shape index (κ3) is 5.05. The lowest BCUT2D eigenvalue weighted by molar-refractivity contribution is -0.385. The molecular formula is C37H58O12. The molecule has 0 aromatic carbocycles. The molecule has 0 aromatic heterocycles. The number of allylic oxidation sites excluding steroid dienone is 1. The lowest BCUT2D eigenvalue weighted by Crippen LogP contribution is -2.73. The minimum atomic E-state index is -1.82. The molecule has 6 rings (SSSR count). The van der Waals surface area contributed by atoms with Crippen molar-refractivity contribution in [1.29, 1.82) is 0 Å². The predicted molar refractivity (Wildman–Crippen MR) is 174 cm³/mol. The summed E-state index contributed by atoms with van der Waals surface area (Å²) in [5, 5.41) is 64.4. The Kier molecular flexibility index (Phi) is 9.26. The number of aliphatic hydroxyl groups is 5. The summed E-state index contributed by atoms with van der Waals surface area (Å²) in [5.41, 5.74) is -2.19. The van der Waals surface area contributed by atoms with Crippen molar-refractivity contribution >= 4 is 11.9 Å². The van der Waals surface area contributed by atoms with Gasteiger partial charge in [-0.25, -0.2) is 0 Å². The van der Waals surface area contributed by atoms with Gasteiger partial charge in [-0.05, 0) is 72.0 Å². The normalized spacial score (nSPS) is 53.0. The van der Waals surface area contributed by atoms with E-state index >= 15 is 0 Å². The van der Waals surface area contributed by atoms with Gasteiger partial charge in [-0.15, -0.1) is 0 Å². The minimum absolute atomic E-state index is 0.0407. The van der Waals surface area contributed by atoms with Crippen LogP contribution in [0.25, 0.3) is 0 Å². The molecule has 17 atom stereocenters. The number of hydrogen-bond donors (Lipinski definition) is 6. The SMILES string of the molecule is CC(=O)O[C@@H]1CC23C4=CC[C@@]5(C)[C@H](C(=O)O)[C@@](C)([C@H](C)C(C)C)CC[C@]5(C)[C@H]4CC[C@H]2[C@](C)(COC3O)[C@H]1O[C@@H]1O[C@H](O)[C@@H](O)[C@H](O)[C@H]1O. The van der Waals surface area contributed by atoms with Crippen LogP contribution in [0.5, 0.6) is 0 Å². The fraction of sp³-hybridized carbons (Fsp3) is 0.892. The molecule has 0 radical (unpaired) electrons. The topological polar surface area (TPSA) is 192 Å². The van der Waals surface area contributed by atoms with Crippen LogP contribution in [0.15, 0.2) is 11.6 Å². The minimum Gasteiger partial charge on any atom is -0.481 e. The largest absolute Gasteiger partial charge is 0.481 e. The van der Waals surface area contributed by atoms with Crippen LogP contribution in [0.4, 0.5) is 0 Å². The molecule has 2 saturated heterocycles. The van der Waals surface area contributed by atoms with Crippen LogP contribution < -0.4 is 0 Å². The van der Waals surface area contributed by atoms with E-state index < -0.39 is 94.3 Å². The zero-order valence-electron chi connectivity index (χ0n) is 30.2. The summed E-state index contributed by atoms with van der Waals surface area (Å²) < 4.78 is 23.9. The second-order valence-corrected chi connectivity index (χ2v) is 17.7. The number of fused-ring (bicyclic) bond motifs is 3. The average molecular weight is 695 g/mol. The summed E-state index contributed by atoms with van der Waals surface area (Å²) in [6.45, 7) is 16.4. The van der Waals surface area contributed by atoms with E-state index in [1.807, 2.05) is 6.92 Å². The molecule has 0 aromatic rings. The molecule has 278 valence electrons. The predicted octanol–water partition coefficient (Wildman–Crippen LogP) is 2.97. The van der Waals surface area contributed by atoms with Gasteiger partial charge in [0.2, 0.25) is 0 Å². The first kappa shape index (κ1) is 37.1. The Morgan fingerprint density at radius 2 is 1.61 bits per heavy atom. The molecule has 3 saturated carbocycles. The number of carboxylic acid groups (broad SMARTS) is 1. The summed E-state index contributed by atoms with van der Waals surface area (Å²) >= 11 is 0. The summed E-state index contributed by atoms with van der Waals surface area (Å²) in [6.07, 6.45) is -5.75. The molecule has 12 heteroatoms. The number of carboxylic acids is 1. The Bertz CT molecular complexity index is 1350. The van der Waals surface area contributed by atoms with Crippen LogP contribution >= 0.6 is 0 Å². The number of esters is 1. The Morgan fingerprint density at radius 1 is 0.939 bits per heavy atom. The van der Waals surface area contributed by atoms with Crippen molar-refractivity contribution in [3.63, 3.8) is 0 Å². The van der Waals surface area contributed by atoms with Crippen molar-refractivity contribution in [3.05, 3.63) is 11.6 Å². The van der Waals surface area contributed by atoms with Crippen molar-refractivity contribution in [3.8, 4) is 0 Å². The number of rotatable bonds is 6. The molecule has 5 fully saturated rings. The lowest BCUT2D eigenvalue weighted by atomic mass is 9.34. The number of aliphatic carboxylic acids is 1. The lowest BCUT2D eigenvalue weighted by Gasteiger charge is -2.71. The summed E-state index contributed by atoms with van der Waals surface area (Å²) in [5.74, 6) is -1.65. The second kappa shape index (κ2) is 12.2. The van der Waals surface area contributed by atoms with E-state index in [-0.39, 0.29) is 30.8 Å². The number of hydrogen-bond acceptors (Lipinski definition) is 11. The highest BCUT2D eigenvalue weighted by Crippen LogP contribution is 2.75. The van der Waals surface area contributed by atoms with E-state index in [2.05, 4.69) is 47.6 Å². The van der Waals surface area contributed by atoms with Gasteiger partial charge in [0.25, 0.3) is 0 Å². The summed E-state index contributed by atoms with van der Waals surface area (Å²) in [7, 11) is 0. The van der Waals surface area contributed by atoms with E-state index in [1.54, 1.807) is 0 Å². The first-order chi connectivity index (χ1) is 22.7. The van der Waals surface area contributed by atoms with Crippen LogP contribution in [-0.4, -0.2) is 98.6 Å². The van der Waals surface area contributed by atoms with E-state index in [4.69, 9.17) is 18.9 Å². The Labute approximate surface area is 289 Å². The quantitative estimate of drug-likeness (QED) is 0.136. The molecule has 6 N–H and O–H groups in total. The van der Waals surface area contributed by atoms with Crippen molar-refractivity contribution in [1.82, 2.24) is 0 Å². The van der Waals surface area contributed by atoms with E-state index in [0.717, 1.165) is 24.8 Å². The average Bonchev–Trinajstić information content (AvgIpc) is 3.02. The van der Waals surface area contributed by atoms with Gasteiger partial charge in [-0.1, -0.05) is 60.1 Å².